The average Bonchev–Trinajstić information content (AvgIpc) is 2.80. The molecule has 0 aromatic heterocycles. The van der Waals surface area contributed by atoms with Crippen LogP contribution in [0.15, 0.2) is 71.7 Å². The Kier molecular flexibility index (Phi) is 7.10. The van der Waals surface area contributed by atoms with Gasteiger partial charge in [0, 0.05) is 49.7 Å². The van der Waals surface area contributed by atoms with E-state index in [0.29, 0.717) is 13.0 Å². The average molecular weight is 433 g/mol. The summed E-state index contributed by atoms with van der Waals surface area (Å²) in [7, 11) is 1.78. The molecular formula is C25H28N4OS. The lowest BCUT2D eigenvalue weighted by atomic mass is 9.90. The summed E-state index contributed by atoms with van der Waals surface area (Å²) in [5.74, 6) is 2.96. The van der Waals surface area contributed by atoms with Crippen LogP contribution in [0.2, 0.25) is 0 Å². The Morgan fingerprint density at radius 1 is 1.06 bits per heavy atom. The van der Waals surface area contributed by atoms with E-state index in [1.165, 1.54) is 21.9 Å². The number of nitrogens with one attached hydrogen (secondary N) is 3. The fraction of sp³-hybridized carbons (Fsp3) is 0.280. The largest absolute Gasteiger partial charge is 0.356 e. The number of nitrogens with zero attached hydrogens (tertiary/aromatic N) is 1. The summed E-state index contributed by atoms with van der Waals surface area (Å²) in [5.41, 5.74) is 3.47. The van der Waals surface area contributed by atoms with Gasteiger partial charge in [0.25, 0.3) is 0 Å². The van der Waals surface area contributed by atoms with E-state index in [4.69, 9.17) is 0 Å². The Hall–Kier alpha value is -2.99. The zero-order valence-corrected chi connectivity index (χ0v) is 18.5. The van der Waals surface area contributed by atoms with Crippen molar-refractivity contribution in [3.8, 4) is 0 Å². The maximum atomic E-state index is 12.0. The molecule has 3 N–H and O–H groups in total. The molecule has 0 saturated heterocycles. The van der Waals surface area contributed by atoms with Gasteiger partial charge in [-0.05, 0) is 28.0 Å². The first-order valence-electron chi connectivity index (χ1n) is 10.6. The first kappa shape index (κ1) is 21.2. The molecule has 3 aromatic rings. The van der Waals surface area contributed by atoms with Gasteiger partial charge in [-0.3, -0.25) is 9.79 Å². The molecule has 1 atom stereocenters. The molecule has 1 aliphatic heterocycles. The summed E-state index contributed by atoms with van der Waals surface area (Å²) in [5, 5.41) is 12.3. The molecule has 1 aliphatic rings. The number of anilines is 1. The Morgan fingerprint density at radius 3 is 2.77 bits per heavy atom. The number of rotatable bonds is 7. The SMILES string of the molecule is CN=C(NCCSCc1cccc2ccccc12)NCC1CC(=O)Nc2ccccc21. The minimum Gasteiger partial charge on any atom is -0.356 e. The maximum absolute atomic E-state index is 12.0. The normalized spacial score (nSPS) is 16.0. The van der Waals surface area contributed by atoms with Crippen molar-refractivity contribution in [1.29, 1.82) is 0 Å². The molecule has 0 fully saturated rings. The lowest BCUT2D eigenvalue weighted by molar-refractivity contribution is -0.116. The number of fused-ring (bicyclic) bond motifs is 2. The number of aliphatic imine (C=N–C) groups is 1. The third-order valence-electron chi connectivity index (χ3n) is 5.52. The quantitative estimate of drug-likeness (QED) is 0.295. The molecule has 4 rings (SSSR count). The van der Waals surface area contributed by atoms with Gasteiger partial charge in [-0.2, -0.15) is 11.8 Å². The molecule has 0 bridgehead atoms. The molecule has 31 heavy (non-hydrogen) atoms. The number of hydrogen-bond donors (Lipinski definition) is 3. The van der Waals surface area contributed by atoms with E-state index in [-0.39, 0.29) is 11.8 Å². The van der Waals surface area contributed by atoms with Gasteiger partial charge in [-0.15, -0.1) is 0 Å². The first-order valence-corrected chi connectivity index (χ1v) is 11.8. The Balaban J connectivity index is 1.23. The van der Waals surface area contributed by atoms with E-state index in [0.717, 1.165) is 29.7 Å². The minimum absolute atomic E-state index is 0.0679. The van der Waals surface area contributed by atoms with Gasteiger partial charge >= 0.3 is 0 Å². The van der Waals surface area contributed by atoms with E-state index < -0.39 is 0 Å². The predicted octanol–water partition coefficient (Wildman–Crippen LogP) is 4.36. The standard InChI is InChI=1S/C25H28N4OS/c1-26-25(28-16-20-15-24(30)29-23-12-5-4-11-22(20)23)27-13-14-31-17-19-9-6-8-18-7-2-3-10-21(18)19/h2-12,20H,13-17H2,1H3,(H,29,30)(H2,26,27,28). The second-order valence-corrected chi connectivity index (χ2v) is 8.71. The molecule has 1 unspecified atom stereocenters. The minimum atomic E-state index is 0.0679. The smallest absolute Gasteiger partial charge is 0.225 e. The number of amides is 1. The van der Waals surface area contributed by atoms with E-state index in [2.05, 4.69) is 69.5 Å². The number of carbonyl (C=O) groups is 1. The van der Waals surface area contributed by atoms with Crippen molar-refractivity contribution in [3.63, 3.8) is 0 Å². The van der Waals surface area contributed by atoms with Crippen LogP contribution >= 0.6 is 11.8 Å². The van der Waals surface area contributed by atoms with Crippen molar-refractivity contribution in [2.75, 3.05) is 31.2 Å². The van der Waals surface area contributed by atoms with Crippen LogP contribution < -0.4 is 16.0 Å². The molecule has 0 spiro atoms. The topological polar surface area (TPSA) is 65.5 Å². The van der Waals surface area contributed by atoms with Crippen LogP contribution in [0.4, 0.5) is 5.69 Å². The number of carbonyl (C=O) groups excluding carboxylic acids is 1. The Labute approximate surface area is 187 Å². The van der Waals surface area contributed by atoms with Gasteiger partial charge in [0.15, 0.2) is 5.96 Å². The number of thioether (sulfide) groups is 1. The van der Waals surface area contributed by atoms with Crippen molar-refractivity contribution >= 4 is 40.1 Å². The summed E-state index contributed by atoms with van der Waals surface area (Å²) in [6, 6.07) is 23.0. The number of para-hydroxylation sites is 1. The van der Waals surface area contributed by atoms with E-state index in [1.54, 1.807) is 7.05 Å². The van der Waals surface area contributed by atoms with E-state index in [9.17, 15) is 4.79 Å². The monoisotopic (exact) mass is 432 g/mol. The zero-order valence-electron chi connectivity index (χ0n) is 17.7. The summed E-state index contributed by atoms with van der Waals surface area (Å²) >= 11 is 1.91. The predicted molar refractivity (Wildman–Crippen MR) is 132 cm³/mol. The summed E-state index contributed by atoms with van der Waals surface area (Å²) < 4.78 is 0. The summed E-state index contributed by atoms with van der Waals surface area (Å²) in [6.45, 7) is 1.50. The number of benzene rings is 3. The van der Waals surface area contributed by atoms with Crippen LogP contribution in [0.5, 0.6) is 0 Å². The summed E-state index contributed by atoms with van der Waals surface area (Å²) in [4.78, 5) is 16.3. The lowest BCUT2D eigenvalue weighted by Crippen LogP contribution is -2.41. The first-order chi connectivity index (χ1) is 15.2. The maximum Gasteiger partial charge on any atom is 0.225 e. The molecule has 1 amide bonds. The second kappa shape index (κ2) is 10.4. The summed E-state index contributed by atoms with van der Waals surface area (Å²) in [6.07, 6.45) is 0.488. The third kappa shape index (κ3) is 5.39. The van der Waals surface area contributed by atoms with Crippen molar-refractivity contribution in [1.82, 2.24) is 10.6 Å². The Morgan fingerprint density at radius 2 is 1.87 bits per heavy atom. The highest BCUT2D eigenvalue weighted by Gasteiger charge is 2.24. The molecular weight excluding hydrogens is 404 g/mol. The fourth-order valence-electron chi connectivity index (χ4n) is 3.97. The van der Waals surface area contributed by atoms with E-state index >= 15 is 0 Å². The van der Waals surface area contributed by atoms with Crippen LogP contribution in [-0.2, 0) is 10.5 Å². The molecule has 0 aliphatic carbocycles. The van der Waals surface area contributed by atoms with Crippen molar-refractivity contribution in [3.05, 3.63) is 77.9 Å². The molecule has 0 radical (unpaired) electrons. The molecule has 6 heteroatoms. The van der Waals surface area contributed by atoms with Gasteiger partial charge < -0.3 is 16.0 Å². The lowest BCUT2D eigenvalue weighted by Gasteiger charge is -2.26. The van der Waals surface area contributed by atoms with Gasteiger partial charge in [0.1, 0.15) is 0 Å². The third-order valence-corrected chi connectivity index (χ3v) is 6.53. The van der Waals surface area contributed by atoms with Crippen molar-refractivity contribution < 1.29 is 4.79 Å². The van der Waals surface area contributed by atoms with Crippen LogP contribution in [0, 0.1) is 0 Å². The second-order valence-electron chi connectivity index (χ2n) is 7.61. The van der Waals surface area contributed by atoms with Crippen molar-refractivity contribution in [2.24, 2.45) is 4.99 Å². The van der Waals surface area contributed by atoms with Crippen molar-refractivity contribution in [2.45, 2.75) is 18.1 Å². The van der Waals surface area contributed by atoms with Crippen LogP contribution in [-0.4, -0.2) is 37.8 Å². The molecule has 160 valence electrons. The molecule has 3 aromatic carbocycles. The van der Waals surface area contributed by atoms with Gasteiger partial charge in [-0.1, -0.05) is 60.7 Å². The highest BCUT2D eigenvalue weighted by Crippen LogP contribution is 2.31. The molecule has 1 heterocycles. The highest BCUT2D eigenvalue weighted by atomic mass is 32.2. The number of guanidine groups is 1. The molecule has 0 saturated carbocycles. The van der Waals surface area contributed by atoms with Gasteiger partial charge in [-0.25, -0.2) is 0 Å². The van der Waals surface area contributed by atoms with Gasteiger partial charge in [0.05, 0.1) is 0 Å². The van der Waals surface area contributed by atoms with Gasteiger partial charge in [0.2, 0.25) is 5.91 Å². The highest BCUT2D eigenvalue weighted by molar-refractivity contribution is 7.98. The fourth-order valence-corrected chi connectivity index (χ4v) is 4.83. The van der Waals surface area contributed by atoms with E-state index in [1.807, 2.05) is 30.0 Å². The van der Waals surface area contributed by atoms with Crippen LogP contribution in [0.1, 0.15) is 23.5 Å². The number of hydrogen-bond acceptors (Lipinski definition) is 3. The zero-order chi connectivity index (χ0) is 21.5. The van der Waals surface area contributed by atoms with Crippen LogP contribution in [0.3, 0.4) is 0 Å². The van der Waals surface area contributed by atoms with Crippen LogP contribution in [0.25, 0.3) is 10.8 Å². The molecule has 5 nitrogen and oxygen atoms in total. The Bertz CT molecular complexity index is 1080.